The third-order valence-electron chi connectivity index (χ3n) is 2.13. The molecule has 0 unspecified atom stereocenters. The molecule has 0 atom stereocenters. The average molecular weight is 236 g/mol. The quantitative estimate of drug-likeness (QED) is 0.521. The lowest BCUT2D eigenvalue weighted by molar-refractivity contribution is 0.178. The molecule has 2 aromatic heterocycles. The Hall–Kier alpha value is -2.64. The number of aromatic nitrogens is 2. The van der Waals surface area contributed by atoms with Gasteiger partial charge in [0, 0.05) is 0 Å². The van der Waals surface area contributed by atoms with E-state index in [4.69, 9.17) is 21.6 Å². The number of furan rings is 1. The van der Waals surface area contributed by atoms with Crippen molar-refractivity contribution in [3.05, 3.63) is 29.6 Å². The number of hydrogen-bond donors (Lipinski definition) is 4. The van der Waals surface area contributed by atoms with Gasteiger partial charge in [0.05, 0.1) is 12.8 Å². The van der Waals surface area contributed by atoms with Crippen LogP contribution in [0, 0.1) is 0 Å². The van der Waals surface area contributed by atoms with Crippen molar-refractivity contribution in [2.45, 2.75) is 6.54 Å². The van der Waals surface area contributed by atoms with Gasteiger partial charge >= 0.3 is 0 Å². The molecule has 0 spiro atoms. The lowest BCUT2D eigenvalue weighted by Crippen LogP contribution is -2.28. The first-order chi connectivity index (χ1) is 8.09. The highest BCUT2D eigenvalue weighted by atomic mass is 16.5. The predicted molar refractivity (Wildman–Crippen MR) is 60.6 cm³/mol. The van der Waals surface area contributed by atoms with Crippen LogP contribution in [-0.4, -0.2) is 14.9 Å². The molecule has 2 rings (SSSR count). The largest absolute Gasteiger partial charge is 0.467 e. The van der Waals surface area contributed by atoms with Crippen molar-refractivity contribution in [1.82, 2.24) is 9.71 Å². The van der Waals surface area contributed by atoms with E-state index >= 15 is 0 Å². The molecule has 0 amide bonds. The lowest BCUT2D eigenvalue weighted by Gasteiger charge is -2.06. The first-order valence-electron chi connectivity index (χ1n) is 4.75. The molecular formula is C9H12N6O2. The van der Waals surface area contributed by atoms with Crippen molar-refractivity contribution in [3.63, 3.8) is 0 Å². The van der Waals surface area contributed by atoms with E-state index in [1.165, 1.54) is 6.26 Å². The summed E-state index contributed by atoms with van der Waals surface area (Å²) in [6.45, 7) is 0.211. The van der Waals surface area contributed by atoms with E-state index < -0.39 is 0 Å². The number of hydrogen-bond acceptors (Lipinski definition) is 7. The summed E-state index contributed by atoms with van der Waals surface area (Å²) in [5.41, 5.74) is 16.5. The topological polar surface area (TPSA) is 142 Å². The molecule has 0 saturated heterocycles. The lowest BCUT2D eigenvalue weighted by atomic mass is 10.4. The minimum atomic E-state index is -0.114. The highest BCUT2D eigenvalue weighted by Crippen LogP contribution is 2.08. The zero-order chi connectivity index (χ0) is 12.4. The van der Waals surface area contributed by atoms with E-state index in [-0.39, 0.29) is 29.5 Å². The number of anilines is 3. The van der Waals surface area contributed by atoms with Crippen LogP contribution in [0.25, 0.3) is 0 Å². The van der Waals surface area contributed by atoms with Gasteiger partial charge in [-0.2, -0.15) is 0 Å². The van der Waals surface area contributed by atoms with E-state index in [1.807, 2.05) is 0 Å². The molecule has 0 aromatic carbocycles. The Morgan fingerprint density at radius 1 is 1.35 bits per heavy atom. The fraction of sp³-hybridized carbons (Fsp3) is 0.111. The molecule has 2 heterocycles. The highest BCUT2D eigenvalue weighted by molar-refractivity contribution is 5.55. The average Bonchev–Trinajstić information content (AvgIpc) is 2.79. The predicted octanol–water partition coefficient (Wildman–Crippen LogP) is -0.439. The van der Waals surface area contributed by atoms with Crippen LogP contribution in [0.2, 0.25) is 0 Å². The Morgan fingerprint density at radius 3 is 2.76 bits per heavy atom. The normalized spacial score (nSPS) is 11.9. The van der Waals surface area contributed by atoms with E-state index in [2.05, 4.69) is 9.98 Å². The molecule has 0 aliphatic carbocycles. The molecule has 2 aromatic rings. The Balaban J connectivity index is 2.45. The Kier molecular flexibility index (Phi) is 2.61. The highest BCUT2D eigenvalue weighted by Gasteiger charge is 2.07. The second-order valence-corrected chi connectivity index (χ2v) is 3.30. The molecule has 0 radical (unpaired) electrons. The Labute approximate surface area is 96.0 Å². The van der Waals surface area contributed by atoms with Gasteiger partial charge in [0.2, 0.25) is 5.49 Å². The summed E-state index contributed by atoms with van der Waals surface area (Å²) in [7, 11) is 0. The molecule has 0 aliphatic rings. The summed E-state index contributed by atoms with van der Waals surface area (Å²) in [6, 6.07) is 3.48. The zero-order valence-electron chi connectivity index (χ0n) is 8.87. The smallest absolute Gasteiger partial charge is 0.209 e. The van der Waals surface area contributed by atoms with Crippen molar-refractivity contribution in [2.75, 3.05) is 17.2 Å². The maximum absolute atomic E-state index is 9.66. The summed E-state index contributed by atoms with van der Waals surface area (Å²) in [4.78, 5) is 7.81. The van der Waals surface area contributed by atoms with Crippen LogP contribution in [0.3, 0.4) is 0 Å². The van der Waals surface area contributed by atoms with E-state index in [9.17, 15) is 5.21 Å². The zero-order valence-corrected chi connectivity index (χ0v) is 8.87. The van der Waals surface area contributed by atoms with Crippen LogP contribution in [0.15, 0.2) is 27.8 Å². The summed E-state index contributed by atoms with van der Waals surface area (Å²) in [6.07, 6.45) is 1.52. The maximum Gasteiger partial charge on any atom is 0.209 e. The summed E-state index contributed by atoms with van der Waals surface area (Å²) in [5.74, 6) is 0.449. The monoisotopic (exact) mass is 236 g/mol. The van der Waals surface area contributed by atoms with Gasteiger partial charge < -0.3 is 26.8 Å². The molecule has 7 N–H and O–H groups in total. The van der Waals surface area contributed by atoms with E-state index in [1.54, 1.807) is 12.1 Å². The second-order valence-electron chi connectivity index (χ2n) is 3.30. The van der Waals surface area contributed by atoms with Crippen LogP contribution >= 0.6 is 0 Å². The van der Waals surface area contributed by atoms with Crippen LogP contribution in [0.4, 0.5) is 17.5 Å². The molecule has 0 aliphatic heterocycles. The third-order valence-corrected chi connectivity index (χ3v) is 2.13. The molecule has 0 saturated carbocycles. The van der Waals surface area contributed by atoms with Gasteiger partial charge in [0.25, 0.3) is 0 Å². The summed E-state index contributed by atoms with van der Waals surface area (Å²) >= 11 is 0. The van der Waals surface area contributed by atoms with Crippen LogP contribution in [0.1, 0.15) is 5.76 Å². The first-order valence-corrected chi connectivity index (χ1v) is 4.75. The summed E-state index contributed by atoms with van der Waals surface area (Å²) < 4.78 is 5.68. The standard InChI is InChI=1S/C9H12N6O2/c10-6-8(12)15(16)9(7(11)14-6)13-4-5-2-1-3-17-5/h1-3,16H,4,10,12H2,(H2,11,14). The van der Waals surface area contributed by atoms with Gasteiger partial charge in [-0.05, 0) is 12.1 Å². The van der Waals surface area contributed by atoms with Gasteiger partial charge in [-0.1, -0.05) is 0 Å². The Bertz CT molecular complexity index is 586. The van der Waals surface area contributed by atoms with E-state index in [0.29, 0.717) is 10.5 Å². The van der Waals surface area contributed by atoms with Gasteiger partial charge in [0.1, 0.15) is 5.76 Å². The summed E-state index contributed by atoms with van der Waals surface area (Å²) in [5, 5.41) is 9.66. The molecule has 8 nitrogen and oxygen atoms in total. The van der Waals surface area contributed by atoms with Crippen molar-refractivity contribution in [1.29, 1.82) is 0 Å². The van der Waals surface area contributed by atoms with Gasteiger partial charge in [0.15, 0.2) is 17.5 Å². The van der Waals surface area contributed by atoms with Crippen LogP contribution in [-0.2, 0) is 6.54 Å². The van der Waals surface area contributed by atoms with E-state index in [0.717, 1.165) is 0 Å². The maximum atomic E-state index is 9.66. The SMILES string of the molecule is Nc1nc(N)c(=NCc2ccco2)n(O)c1N. The molecule has 0 fully saturated rings. The number of nitrogen functional groups attached to an aromatic ring is 3. The van der Waals surface area contributed by atoms with Crippen LogP contribution < -0.4 is 22.7 Å². The molecule has 0 bridgehead atoms. The minimum Gasteiger partial charge on any atom is -0.467 e. The van der Waals surface area contributed by atoms with Gasteiger partial charge in [-0.3, -0.25) is 4.99 Å². The third kappa shape index (κ3) is 2.00. The van der Waals surface area contributed by atoms with Gasteiger partial charge in [-0.25, -0.2) is 4.98 Å². The molecule has 90 valence electrons. The minimum absolute atomic E-state index is 0.00856. The molecule has 17 heavy (non-hydrogen) atoms. The van der Waals surface area contributed by atoms with Crippen molar-refractivity contribution in [2.24, 2.45) is 4.99 Å². The number of nitrogens with zero attached hydrogens (tertiary/aromatic N) is 3. The van der Waals surface area contributed by atoms with Crippen molar-refractivity contribution in [3.8, 4) is 0 Å². The first kappa shape index (κ1) is 10.9. The molecule has 8 heteroatoms. The van der Waals surface area contributed by atoms with Crippen molar-refractivity contribution < 1.29 is 9.62 Å². The fourth-order valence-electron chi connectivity index (χ4n) is 1.27. The number of rotatable bonds is 2. The molecular weight excluding hydrogens is 224 g/mol. The number of nitrogens with two attached hydrogens (primary N) is 3. The van der Waals surface area contributed by atoms with Gasteiger partial charge in [-0.15, -0.1) is 4.73 Å². The second kappa shape index (κ2) is 4.08. The Morgan fingerprint density at radius 2 is 2.12 bits per heavy atom. The van der Waals surface area contributed by atoms with Crippen molar-refractivity contribution >= 4 is 17.5 Å². The fourth-order valence-corrected chi connectivity index (χ4v) is 1.27. The van der Waals surface area contributed by atoms with Crippen LogP contribution in [0.5, 0.6) is 0 Å².